The summed E-state index contributed by atoms with van der Waals surface area (Å²) in [6.45, 7) is 2.53. The standard InChI is InChI=1S/C20H18ClN3O3.C2H2O4/c1-26-20(25)14-7-5-13(6-8-14)10-24-11-16(12-24)19-22-18(23-27-19)15-3-2-4-17(21)9-15;3-1(4)2(5)6/h2-9,16H,10-12H2,1H3;(H,3,4)(H,5,6). The zero-order valence-corrected chi connectivity index (χ0v) is 18.2. The van der Waals surface area contributed by atoms with Crippen LogP contribution in [0.1, 0.15) is 27.7 Å². The van der Waals surface area contributed by atoms with Crippen LogP contribution in [0.25, 0.3) is 11.4 Å². The predicted molar refractivity (Wildman–Crippen MR) is 116 cm³/mol. The SMILES string of the molecule is COC(=O)c1ccc(CN2CC(c3nc(-c4cccc(Cl)c4)no3)C2)cc1.O=C(O)C(=O)O. The normalized spacial score (nSPS) is 13.4. The van der Waals surface area contributed by atoms with Gasteiger partial charge < -0.3 is 19.5 Å². The van der Waals surface area contributed by atoms with E-state index >= 15 is 0 Å². The molecule has 3 aromatic rings. The summed E-state index contributed by atoms with van der Waals surface area (Å²) in [5, 5.41) is 19.5. The first-order valence-electron chi connectivity index (χ1n) is 9.72. The minimum absolute atomic E-state index is 0.236. The van der Waals surface area contributed by atoms with Gasteiger partial charge in [0.25, 0.3) is 0 Å². The van der Waals surface area contributed by atoms with Gasteiger partial charge in [0.05, 0.1) is 18.6 Å². The number of halogens is 1. The van der Waals surface area contributed by atoms with Crippen molar-refractivity contribution >= 4 is 29.5 Å². The lowest BCUT2D eigenvalue weighted by molar-refractivity contribution is -0.159. The number of carboxylic acids is 2. The molecule has 33 heavy (non-hydrogen) atoms. The molecule has 1 aliphatic rings. The third-order valence-electron chi connectivity index (χ3n) is 4.80. The Balaban J connectivity index is 0.000000454. The number of hydrogen-bond donors (Lipinski definition) is 2. The monoisotopic (exact) mass is 473 g/mol. The van der Waals surface area contributed by atoms with E-state index in [1.54, 1.807) is 12.1 Å². The first-order chi connectivity index (χ1) is 15.8. The number of methoxy groups -OCH3 is 1. The van der Waals surface area contributed by atoms with Gasteiger partial charge in [-0.05, 0) is 29.8 Å². The number of likely N-dealkylation sites (tertiary alicyclic amines) is 1. The molecule has 2 N–H and O–H groups in total. The van der Waals surface area contributed by atoms with Gasteiger partial charge in [-0.25, -0.2) is 14.4 Å². The molecule has 1 aliphatic heterocycles. The van der Waals surface area contributed by atoms with Crippen LogP contribution in [-0.2, 0) is 20.9 Å². The molecule has 0 bridgehead atoms. The van der Waals surface area contributed by atoms with Crippen LogP contribution in [0.2, 0.25) is 5.02 Å². The number of ether oxygens (including phenoxy) is 1. The van der Waals surface area contributed by atoms with Crippen LogP contribution in [0.4, 0.5) is 0 Å². The molecule has 1 saturated heterocycles. The molecule has 1 aromatic heterocycles. The Morgan fingerprint density at radius 1 is 1.12 bits per heavy atom. The van der Waals surface area contributed by atoms with Crippen LogP contribution in [0, 0.1) is 0 Å². The first kappa shape index (κ1) is 23.9. The van der Waals surface area contributed by atoms with E-state index in [9.17, 15) is 4.79 Å². The first-order valence-corrected chi connectivity index (χ1v) is 10.1. The predicted octanol–water partition coefficient (Wildman–Crippen LogP) is 2.93. The topological polar surface area (TPSA) is 143 Å². The quantitative estimate of drug-likeness (QED) is 0.419. The van der Waals surface area contributed by atoms with Crippen molar-refractivity contribution in [2.75, 3.05) is 20.2 Å². The van der Waals surface area contributed by atoms with E-state index in [2.05, 4.69) is 15.0 Å². The van der Waals surface area contributed by atoms with Crippen molar-refractivity contribution in [3.63, 3.8) is 0 Å². The highest BCUT2D eigenvalue weighted by molar-refractivity contribution is 6.30. The third-order valence-corrected chi connectivity index (χ3v) is 5.03. The lowest BCUT2D eigenvalue weighted by Gasteiger charge is -2.37. The van der Waals surface area contributed by atoms with Crippen LogP contribution in [0.3, 0.4) is 0 Å². The molecule has 2 aromatic carbocycles. The molecule has 0 amide bonds. The summed E-state index contributed by atoms with van der Waals surface area (Å²) in [5.74, 6) is -2.52. The van der Waals surface area contributed by atoms with Crippen LogP contribution < -0.4 is 0 Å². The number of hydrogen-bond acceptors (Lipinski definition) is 8. The molecule has 2 heterocycles. The maximum absolute atomic E-state index is 11.5. The number of aliphatic carboxylic acids is 2. The summed E-state index contributed by atoms with van der Waals surface area (Å²) in [6.07, 6.45) is 0. The van der Waals surface area contributed by atoms with Crippen molar-refractivity contribution < 1.29 is 33.9 Å². The Morgan fingerprint density at radius 3 is 2.36 bits per heavy atom. The average molecular weight is 474 g/mol. The van der Waals surface area contributed by atoms with E-state index in [1.165, 1.54) is 7.11 Å². The zero-order chi connectivity index (χ0) is 24.0. The van der Waals surface area contributed by atoms with Gasteiger partial charge in [-0.3, -0.25) is 4.90 Å². The highest BCUT2D eigenvalue weighted by Crippen LogP contribution is 2.29. The van der Waals surface area contributed by atoms with Crippen LogP contribution in [0.15, 0.2) is 53.1 Å². The average Bonchev–Trinajstić information content (AvgIpc) is 3.26. The van der Waals surface area contributed by atoms with Crippen molar-refractivity contribution in [2.24, 2.45) is 0 Å². The fourth-order valence-electron chi connectivity index (χ4n) is 3.12. The van der Waals surface area contributed by atoms with E-state index in [-0.39, 0.29) is 11.9 Å². The summed E-state index contributed by atoms with van der Waals surface area (Å²) >= 11 is 6.02. The lowest BCUT2D eigenvalue weighted by Crippen LogP contribution is -2.44. The molecule has 10 nitrogen and oxygen atoms in total. The largest absolute Gasteiger partial charge is 0.473 e. The molecular weight excluding hydrogens is 454 g/mol. The van der Waals surface area contributed by atoms with E-state index in [0.29, 0.717) is 22.3 Å². The van der Waals surface area contributed by atoms with Gasteiger partial charge in [0.2, 0.25) is 11.7 Å². The minimum atomic E-state index is -1.82. The number of rotatable bonds is 5. The van der Waals surface area contributed by atoms with Gasteiger partial charge in [0, 0.05) is 30.2 Å². The summed E-state index contributed by atoms with van der Waals surface area (Å²) in [4.78, 5) is 36.5. The molecule has 1 fully saturated rings. The lowest BCUT2D eigenvalue weighted by atomic mass is 9.99. The molecule has 0 spiro atoms. The van der Waals surface area contributed by atoms with Crippen molar-refractivity contribution in [3.8, 4) is 11.4 Å². The number of carboxylic acid groups (broad SMARTS) is 2. The van der Waals surface area contributed by atoms with Gasteiger partial charge in [0.15, 0.2) is 0 Å². The zero-order valence-electron chi connectivity index (χ0n) is 17.5. The van der Waals surface area contributed by atoms with Gasteiger partial charge in [0.1, 0.15) is 0 Å². The molecule has 4 rings (SSSR count). The van der Waals surface area contributed by atoms with Gasteiger partial charge in [-0.1, -0.05) is 41.0 Å². The Labute approximate surface area is 193 Å². The molecule has 0 aliphatic carbocycles. The van der Waals surface area contributed by atoms with Crippen LogP contribution in [0.5, 0.6) is 0 Å². The van der Waals surface area contributed by atoms with E-state index < -0.39 is 11.9 Å². The molecular formula is C22H20ClN3O7. The van der Waals surface area contributed by atoms with Gasteiger partial charge in [-0.15, -0.1) is 0 Å². The number of carbonyl (C=O) groups excluding carboxylic acids is 1. The Morgan fingerprint density at radius 2 is 1.79 bits per heavy atom. The number of esters is 1. The minimum Gasteiger partial charge on any atom is -0.473 e. The van der Waals surface area contributed by atoms with E-state index in [0.717, 1.165) is 30.8 Å². The molecule has 0 radical (unpaired) electrons. The van der Waals surface area contributed by atoms with Crippen molar-refractivity contribution in [1.82, 2.24) is 15.0 Å². The van der Waals surface area contributed by atoms with E-state index in [1.807, 2.05) is 36.4 Å². The smallest absolute Gasteiger partial charge is 0.414 e. The summed E-state index contributed by atoms with van der Waals surface area (Å²) in [7, 11) is 1.38. The molecule has 172 valence electrons. The van der Waals surface area contributed by atoms with E-state index in [4.69, 9.17) is 40.7 Å². The second-order valence-corrected chi connectivity index (χ2v) is 7.59. The Bertz CT molecular complexity index is 1130. The summed E-state index contributed by atoms with van der Waals surface area (Å²) in [6, 6.07) is 14.9. The molecule has 0 saturated carbocycles. The van der Waals surface area contributed by atoms with Crippen LogP contribution >= 0.6 is 11.6 Å². The van der Waals surface area contributed by atoms with Crippen molar-refractivity contribution in [3.05, 3.63) is 70.6 Å². The molecule has 0 unspecified atom stereocenters. The van der Waals surface area contributed by atoms with Crippen molar-refractivity contribution in [1.29, 1.82) is 0 Å². The third kappa shape index (κ3) is 6.37. The molecule has 0 atom stereocenters. The number of aromatic nitrogens is 2. The maximum atomic E-state index is 11.5. The highest BCUT2D eigenvalue weighted by atomic mass is 35.5. The van der Waals surface area contributed by atoms with Crippen LogP contribution in [-0.4, -0.2) is 63.4 Å². The summed E-state index contributed by atoms with van der Waals surface area (Å²) < 4.78 is 10.1. The fraction of sp³-hybridized carbons (Fsp3) is 0.227. The fourth-order valence-corrected chi connectivity index (χ4v) is 3.31. The van der Waals surface area contributed by atoms with Gasteiger partial charge in [-0.2, -0.15) is 4.98 Å². The Kier molecular flexibility index (Phi) is 7.75. The number of carbonyl (C=O) groups is 3. The Hall–Kier alpha value is -3.76. The maximum Gasteiger partial charge on any atom is 0.414 e. The van der Waals surface area contributed by atoms with Gasteiger partial charge >= 0.3 is 17.9 Å². The summed E-state index contributed by atoms with van der Waals surface area (Å²) in [5.41, 5.74) is 2.55. The second kappa shape index (κ2) is 10.7. The molecule has 11 heteroatoms. The number of benzene rings is 2. The second-order valence-electron chi connectivity index (χ2n) is 7.16. The van der Waals surface area contributed by atoms with Crippen molar-refractivity contribution in [2.45, 2.75) is 12.5 Å². The highest BCUT2D eigenvalue weighted by Gasteiger charge is 2.32. The number of nitrogens with zero attached hydrogens (tertiary/aromatic N) is 3.